The van der Waals surface area contributed by atoms with Crippen molar-refractivity contribution in [1.82, 2.24) is 0 Å². The van der Waals surface area contributed by atoms with Gasteiger partial charge in [0.2, 0.25) is 0 Å². The lowest BCUT2D eigenvalue weighted by molar-refractivity contribution is 0.102. The number of hydrogen-bond acceptors (Lipinski definition) is 3. The van der Waals surface area contributed by atoms with E-state index in [1.165, 1.54) is 6.07 Å². The summed E-state index contributed by atoms with van der Waals surface area (Å²) in [7, 11) is 0. The lowest BCUT2D eigenvalue weighted by Gasteiger charge is -2.09. The first-order valence-corrected chi connectivity index (χ1v) is 6.26. The third-order valence-electron chi connectivity index (χ3n) is 2.80. The number of aryl methyl sites for hydroxylation is 1. The van der Waals surface area contributed by atoms with Gasteiger partial charge in [-0.25, -0.2) is 0 Å². The minimum atomic E-state index is -0.313. The van der Waals surface area contributed by atoms with Crippen LogP contribution >= 0.6 is 11.6 Å². The summed E-state index contributed by atoms with van der Waals surface area (Å²) in [6.07, 6.45) is 0. The molecule has 1 amide bonds. The van der Waals surface area contributed by atoms with Gasteiger partial charge in [-0.3, -0.25) is 4.79 Å². The Bertz CT molecular complexity index is 720. The second kappa shape index (κ2) is 5.64. The second-order valence-corrected chi connectivity index (χ2v) is 4.76. The van der Waals surface area contributed by atoms with Crippen molar-refractivity contribution < 1.29 is 4.79 Å². The van der Waals surface area contributed by atoms with E-state index in [4.69, 9.17) is 22.6 Å². The number of amides is 1. The van der Waals surface area contributed by atoms with Crippen LogP contribution in [0.15, 0.2) is 36.4 Å². The molecule has 4 nitrogen and oxygen atoms in total. The number of rotatable bonds is 2. The molecule has 0 aliphatic rings. The molecule has 0 aliphatic carbocycles. The molecule has 2 aromatic rings. The van der Waals surface area contributed by atoms with Gasteiger partial charge in [0.1, 0.15) is 6.07 Å². The fourth-order valence-electron chi connectivity index (χ4n) is 1.75. The van der Waals surface area contributed by atoms with Crippen molar-refractivity contribution >= 4 is 28.9 Å². The summed E-state index contributed by atoms with van der Waals surface area (Å²) >= 11 is 5.92. The monoisotopic (exact) mass is 285 g/mol. The number of anilines is 2. The summed E-state index contributed by atoms with van der Waals surface area (Å²) in [6, 6.07) is 11.9. The zero-order valence-corrected chi connectivity index (χ0v) is 11.5. The molecule has 0 saturated heterocycles. The summed E-state index contributed by atoms with van der Waals surface area (Å²) in [6.45, 7) is 1.88. The van der Waals surface area contributed by atoms with Gasteiger partial charge in [0.05, 0.1) is 16.1 Å². The van der Waals surface area contributed by atoms with E-state index >= 15 is 0 Å². The molecule has 0 unspecified atom stereocenters. The Morgan fingerprint density at radius 1 is 1.30 bits per heavy atom. The van der Waals surface area contributed by atoms with Crippen LogP contribution in [-0.4, -0.2) is 5.91 Å². The van der Waals surface area contributed by atoms with Crippen molar-refractivity contribution in [2.75, 3.05) is 11.1 Å². The van der Waals surface area contributed by atoms with Gasteiger partial charge in [-0.1, -0.05) is 23.2 Å². The van der Waals surface area contributed by atoms with Gasteiger partial charge in [-0.15, -0.1) is 0 Å². The third-order valence-corrected chi connectivity index (χ3v) is 3.11. The Balaban J connectivity index is 2.26. The molecular weight excluding hydrogens is 274 g/mol. The third kappa shape index (κ3) is 2.90. The smallest absolute Gasteiger partial charge is 0.257 e. The van der Waals surface area contributed by atoms with Gasteiger partial charge in [0, 0.05) is 11.4 Å². The summed E-state index contributed by atoms with van der Waals surface area (Å²) < 4.78 is 0. The molecule has 0 bridgehead atoms. The van der Waals surface area contributed by atoms with E-state index < -0.39 is 0 Å². The van der Waals surface area contributed by atoms with Gasteiger partial charge in [-0.2, -0.15) is 5.26 Å². The number of carbonyl (C=O) groups is 1. The predicted molar refractivity (Wildman–Crippen MR) is 79.7 cm³/mol. The summed E-state index contributed by atoms with van der Waals surface area (Å²) in [4.78, 5) is 12.2. The number of carbonyl (C=O) groups excluding carboxylic acids is 1. The number of nitrogens with one attached hydrogen (secondary N) is 1. The first-order chi connectivity index (χ1) is 9.51. The quantitative estimate of drug-likeness (QED) is 0.831. The molecule has 0 aromatic heterocycles. The number of nitrogens with zero attached hydrogens (tertiary/aromatic N) is 1. The van der Waals surface area contributed by atoms with Crippen LogP contribution in [0.2, 0.25) is 5.02 Å². The Morgan fingerprint density at radius 2 is 2.05 bits per heavy atom. The van der Waals surface area contributed by atoms with Crippen molar-refractivity contribution in [3.63, 3.8) is 0 Å². The van der Waals surface area contributed by atoms with Crippen molar-refractivity contribution in [3.05, 3.63) is 58.1 Å². The number of halogens is 1. The van der Waals surface area contributed by atoms with Gasteiger partial charge in [-0.05, 0) is 37.3 Å². The van der Waals surface area contributed by atoms with E-state index in [2.05, 4.69) is 5.32 Å². The molecule has 0 atom stereocenters. The molecule has 5 heteroatoms. The van der Waals surface area contributed by atoms with Crippen molar-refractivity contribution in [1.29, 1.82) is 5.26 Å². The first kappa shape index (κ1) is 13.9. The normalized spacial score (nSPS) is 9.85. The van der Waals surface area contributed by atoms with E-state index in [1.807, 2.05) is 19.1 Å². The lowest BCUT2D eigenvalue weighted by atomic mass is 10.1. The lowest BCUT2D eigenvalue weighted by Crippen LogP contribution is -2.14. The SMILES string of the molecule is Cc1ccc(N)c(C(=O)Nc2ccc(C#N)c(Cl)c2)c1. The predicted octanol–water partition coefficient (Wildman–Crippen LogP) is 3.35. The maximum atomic E-state index is 12.2. The highest BCUT2D eigenvalue weighted by atomic mass is 35.5. The largest absolute Gasteiger partial charge is 0.398 e. The minimum Gasteiger partial charge on any atom is -0.398 e. The highest BCUT2D eigenvalue weighted by Gasteiger charge is 2.11. The molecule has 3 N–H and O–H groups in total. The van der Waals surface area contributed by atoms with E-state index in [9.17, 15) is 4.79 Å². The molecule has 0 fully saturated rings. The molecule has 100 valence electrons. The van der Waals surface area contributed by atoms with Crippen LogP contribution in [0.3, 0.4) is 0 Å². The van der Waals surface area contributed by atoms with E-state index in [0.29, 0.717) is 27.5 Å². The van der Waals surface area contributed by atoms with Crippen LogP contribution in [0.5, 0.6) is 0 Å². The molecule has 0 spiro atoms. The van der Waals surface area contributed by atoms with Crippen LogP contribution in [0.1, 0.15) is 21.5 Å². The molecule has 2 aromatic carbocycles. The maximum absolute atomic E-state index is 12.2. The van der Waals surface area contributed by atoms with Crippen LogP contribution in [-0.2, 0) is 0 Å². The Hall–Kier alpha value is -2.51. The van der Waals surface area contributed by atoms with Crippen molar-refractivity contribution in [2.24, 2.45) is 0 Å². The van der Waals surface area contributed by atoms with E-state index in [1.54, 1.807) is 24.3 Å². The average molecular weight is 286 g/mol. The van der Waals surface area contributed by atoms with Crippen LogP contribution in [0.4, 0.5) is 11.4 Å². The Morgan fingerprint density at radius 3 is 2.70 bits per heavy atom. The van der Waals surface area contributed by atoms with Gasteiger partial charge < -0.3 is 11.1 Å². The number of nitrogen functional groups attached to an aromatic ring is 1. The number of nitrogens with two attached hydrogens (primary N) is 1. The second-order valence-electron chi connectivity index (χ2n) is 4.35. The van der Waals surface area contributed by atoms with Gasteiger partial charge >= 0.3 is 0 Å². The number of nitriles is 1. The van der Waals surface area contributed by atoms with Crippen LogP contribution < -0.4 is 11.1 Å². The minimum absolute atomic E-state index is 0.294. The maximum Gasteiger partial charge on any atom is 0.257 e. The van der Waals surface area contributed by atoms with Crippen molar-refractivity contribution in [2.45, 2.75) is 6.92 Å². The molecule has 2 rings (SSSR count). The van der Waals surface area contributed by atoms with Gasteiger partial charge in [0.25, 0.3) is 5.91 Å². The standard InChI is InChI=1S/C15H12ClN3O/c1-9-2-5-14(18)12(6-9)15(20)19-11-4-3-10(8-17)13(16)7-11/h2-7H,18H2,1H3,(H,19,20). The molecule has 20 heavy (non-hydrogen) atoms. The van der Waals surface area contributed by atoms with E-state index in [-0.39, 0.29) is 5.91 Å². The van der Waals surface area contributed by atoms with Crippen molar-refractivity contribution in [3.8, 4) is 6.07 Å². The topological polar surface area (TPSA) is 78.9 Å². The Labute approximate surface area is 121 Å². The zero-order chi connectivity index (χ0) is 14.7. The van der Waals surface area contributed by atoms with Gasteiger partial charge in [0.15, 0.2) is 0 Å². The summed E-state index contributed by atoms with van der Waals surface area (Å²) in [5.74, 6) is -0.313. The highest BCUT2D eigenvalue weighted by molar-refractivity contribution is 6.32. The number of hydrogen-bond donors (Lipinski definition) is 2. The number of benzene rings is 2. The zero-order valence-electron chi connectivity index (χ0n) is 10.8. The first-order valence-electron chi connectivity index (χ1n) is 5.88. The molecular formula is C15H12ClN3O. The molecule has 0 heterocycles. The summed E-state index contributed by atoms with van der Waals surface area (Å²) in [5.41, 5.74) is 8.43. The highest BCUT2D eigenvalue weighted by Crippen LogP contribution is 2.22. The summed E-state index contributed by atoms with van der Waals surface area (Å²) in [5, 5.41) is 11.8. The van der Waals surface area contributed by atoms with Crippen LogP contribution in [0, 0.1) is 18.3 Å². The molecule has 0 radical (unpaired) electrons. The fourth-order valence-corrected chi connectivity index (χ4v) is 1.97. The average Bonchev–Trinajstić information content (AvgIpc) is 2.41. The molecule has 0 saturated carbocycles. The van der Waals surface area contributed by atoms with Crippen LogP contribution in [0.25, 0.3) is 0 Å². The Kier molecular flexibility index (Phi) is 3.92. The van der Waals surface area contributed by atoms with E-state index in [0.717, 1.165) is 5.56 Å². The molecule has 0 aliphatic heterocycles. The fraction of sp³-hybridized carbons (Fsp3) is 0.0667.